The Morgan fingerprint density at radius 3 is 2.62 bits per heavy atom. The van der Waals surface area contributed by atoms with Crippen molar-refractivity contribution in [1.29, 1.82) is 0 Å². The number of ether oxygens (including phenoxy) is 1. The molecule has 2 aromatic carbocycles. The summed E-state index contributed by atoms with van der Waals surface area (Å²) in [7, 11) is 0. The second-order valence-corrected chi connectivity index (χ2v) is 7.95. The molecule has 4 rings (SSSR count). The van der Waals surface area contributed by atoms with E-state index >= 15 is 0 Å². The molecule has 0 saturated carbocycles. The van der Waals surface area contributed by atoms with Crippen LogP contribution in [0.5, 0.6) is 0 Å². The van der Waals surface area contributed by atoms with E-state index in [4.69, 9.17) is 16.3 Å². The third kappa shape index (κ3) is 5.08. The van der Waals surface area contributed by atoms with E-state index in [0.717, 1.165) is 23.8 Å². The van der Waals surface area contributed by atoms with E-state index in [-0.39, 0.29) is 11.3 Å². The van der Waals surface area contributed by atoms with Gasteiger partial charge in [-0.1, -0.05) is 54.6 Å². The van der Waals surface area contributed by atoms with Crippen LogP contribution in [0, 0.1) is 0 Å². The van der Waals surface area contributed by atoms with Crippen molar-refractivity contribution < 1.29 is 9.53 Å². The minimum atomic E-state index is -0.382. The highest BCUT2D eigenvalue weighted by atomic mass is 35.5. The van der Waals surface area contributed by atoms with Crippen LogP contribution in [0.1, 0.15) is 39.3 Å². The first-order valence-electron chi connectivity index (χ1n) is 10.7. The maximum absolute atomic E-state index is 11.9. The minimum Gasteiger partial charge on any atom is -0.462 e. The van der Waals surface area contributed by atoms with Crippen molar-refractivity contribution in [2.24, 2.45) is 0 Å². The molecule has 0 aliphatic carbocycles. The van der Waals surface area contributed by atoms with Crippen LogP contribution < -0.4 is 5.43 Å². The summed E-state index contributed by atoms with van der Waals surface area (Å²) >= 11 is 6.68. The second-order valence-electron chi connectivity index (χ2n) is 7.42. The molecule has 0 radical (unpaired) electrons. The molecule has 6 nitrogen and oxygen atoms in total. The van der Waals surface area contributed by atoms with E-state index in [9.17, 15) is 4.79 Å². The maximum atomic E-state index is 11.9. The highest BCUT2D eigenvalue weighted by molar-refractivity contribution is 6.20. The van der Waals surface area contributed by atoms with Crippen LogP contribution >= 0.6 is 11.6 Å². The van der Waals surface area contributed by atoms with Gasteiger partial charge in [0, 0.05) is 18.1 Å². The highest BCUT2D eigenvalue weighted by Gasteiger charge is 2.13. The monoisotopic (exact) mass is 448 g/mol. The largest absolute Gasteiger partial charge is 0.462 e. The summed E-state index contributed by atoms with van der Waals surface area (Å²) in [5.41, 5.74) is 7.98. The summed E-state index contributed by atoms with van der Waals surface area (Å²) < 4.78 is 5.03. The van der Waals surface area contributed by atoms with Crippen molar-refractivity contribution in [1.82, 2.24) is 14.9 Å². The predicted molar refractivity (Wildman–Crippen MR) is 127 cm³/mol. The lowest BCUT2D eigenvalue weighted by Crippen LogP contribution is -2.19. The van der Waals surface area contributed by atoms with Gasteiger partial charge in [0.15, 0.2) is 5.65 Å². The Kier molecular flexibility index (Phi) is 7.02. The zero-order chi connectivity index (χ0) is 22.3. The predicted octanol–water partition coefficient (Wildman–Crippen LogP) is 4.92. The Bertz CT molecular complexity index is 1190. The molecule has 0 saturated heterocycles. The number of fused-ring (bicyclic) bond motifs is 1. The van der Waals surface area contributed by atoms with Crippen molar-refractivity contribution in [3.63, 3.8) is 0 Å². The Hall–Kier alpha value is -3.38. The molecular formula is C25H25ClN4O2. The number of halogens is 1. The third-order valence-corrected chi connectivity index (χ3v) is 5.66. The molecule has 7 heteroatoms. The molecule has 0 bridgehead atoms. The fraction of sp³-hybridized carbons (Fsp3) is 0.240. The fourth-order valence-electron chi connectivity index (χ4n) is 3.63. The Balaban J connectivity index is 1.41. The number of esters is 1. The van der Waals surface area contributed by atoms with Crippen LogP contribution in [0.4, 0.5) is 0 Å². The normalized spacial score (nSPS) is 11.9. The van der Waals surface area contributed by atoms with Gasteiger partial charge in [-0.05, 0) is 42.5 Å². The molecule has 4 aromatic rings. The topological polar surface area (TPSA) is 69.0 Å². The number of nitrogens with zero attached hydrogens (tertiary/aromatic N) is 3. The Morgan fingerprint density at radius 1 is 1.09 bits per heavy atom. The molecule has 0 aliphatic rings. The van der Waals surface area contributed by atoms with Crippen molar-refractivity contribution in [3.8, 4) is 0 Å². The quantitative estimate of drug-likeness (QED) is 0.291. The summed E-state index contributed by atoms with van der Waals surface area (Å²) in [6, 6.07) is 20.3. The first kappa shape index (κ1) is 21.8. The summed E-state index contributed by atoms with van der Waals surface area (Å²) in [4.78, 5) is 17.9. The average molecular weight is 449 g/mol. The number of nitrogens with one attached hydrogen (secondary N) is 1. The van der Waals surface area contributed by atoms with Crippen LogP contribution in [0.15, 0.2) is 73.1 Å². The van der Waals surface area contributed by atoms with E-state index in [1.54, 1.807) is 24.0 Å². The van der Waals surface area contributed by atoms with Crippen LogP contribution in [-0.2, 0) is 17.6 Å². The number of aromatic nitrogens is 3. The SMILES string of the molecule is CCOC(=O)c1cnc2c(cnn2NCCc2ccccc2CC(Cl)c2ccccc2)c1. The number of alkyl halides is 1. The third-order valence-electron chi connectivity index (χ3n) is 5.25. The van der Waals surface area contributed by atoms with Crippen LogP contribution in [0.3, 0.4) is 0 Å². The lowest BCUT2D eigenvalue weighted by atomic mass is 9.98. The molecule has 164 valence electrons. The van der Waals surface area contributed by atoms with Gasteiger partial charge in [-0.25, -0.2) is 9.78 Å². The van der Waals surface area contributed by atoms with Crippen LogP contribution in [-0.4, -0.2) is 34.0 Å². The molecule has 1 atom stereocenters. The van der Waals surface area contributed by atoms with Gasteiger partial charge >= 0.3 is 5.97 Å². The second kappa shape index (κ2) is 10.3. The Morgan fingerprint density at radius 2 is 1.84 bits per heavy atom. The van der Waals surface area contributed by atoms with Gasteiger partial charge in [-0.2, -0.15) is 9.89 Å². The molecule has 0 amide bonds. The number of carbonyl (C=O) groups excluding carboxylic acids is 1. The van der Waals surface area contributed by atoms with E-state index in [1.807, 2.05) is 30.3 Å². The first-order chi connectivity index (χ1) is 15.7. The van der Waals surface area contributed by atoms with Gasteiger partial charge in [0.25, 0.3) is 0 Å². The molecule has 0 aliphatic heterocycles. The summed E-state index contributed by atoms with van der Waals surface area (Å²) in [5, 5.41) is 5.06. The van der Waals surface area contributed by atoms with Crippen molar-refractivity contribution >= 4 is 28.6 Å². The van der Waals surface area contributed by atoms with E-state index in [0.29, 0.717) is 24.4 Å². The molecule has 2 heterocycles. The Labute approximate surface area is 192 Å². The van der Waals surface area contributed by atoms with Gasteiger partial charge in [0.05, 0.1) is 23.7 Å². The molecule has 0 fully saturated rings. The van der Waals surface area contributed by atoms with E-state index in [1.165, 1.54) is 17.3 Å². The van der Waals surface area contributed by atoms with Crippen LogP contribution in [0.25, 0.3) is 11.0 Å². The van der Waals surface area contributed by atoms with E-state index in [2.05, 4.69) is 39.8 Å². The van der Waals surface area contributed by atoms with Crippen molar-refractivity contribution in [2.75, 3.05) is 18.6 Å². The lowest BCUT2D eigenvalue weighted by molar-refractivity contribution is 0.0526. The number of benzene rings is 2. The fourth-order valence-corrected chi connectivity index (χ4v) is 3.94. The van der Waals surface area contributed by atoms with Gasteiger partial charge in [0.1, 0.15) is 0 Å². The number of pyridine rings is 1. The zero-order valence-corrected chi connectivity index (χ0v) is 18.6. The number of hydrogen-bond donors (Lipinski definition) is 1. The molecule has 0 spiro atoms. The van der Waals surface area contributed by atoms with E-state index < -0.39 is 0 Å². The summed E-state index contributed by atoms with van der Waals surface area (Å²) in [6.07, 6.45) is 4.78. The average Bonchev–Trinajstić information content (AvgIpc) is 3.23. The van der Waals surface area contributed by atoms with Gasteiger partial charge in [0.2, 0.25) is 0 Å². The maximum Gasteiger partial charge on any atom is 0.339 e. The summed E-state index contributed by atoms with van der Waals surface area (Å²) in [6.45, 7) is 2.78. The lowest BCUT2D eigenvalue weighted by Gasteiger charge is -2.14. The van der Waals surface area contributed by atoms with Crippen molar-refractivity contribution in [3.05, 3.63) is 95.3 Å². The first-order valence-corrected chi connectivity index (χ1v) is 11.1. The van der Waals surface area contributed by atoms with Crippen LogP contribution in [0.2, 0.25) is 0 Å². The molecule has 1 N–H and O–H groups in total. The molecular weight excluding hydrogens is 424 g/mol. The zero-order valence-electron chi connectivity index (χ0n) is 17.9. The van der Waals surface area contributed by atoms with Gasteiger partial charge in [-0.3, -0.25) is 0 Å². The number of hydrogen-bond acceptors (Lipinski definition) is 5. The minimum absolute atomic E-state index is 0.0711. The number of carbonyl (C=O) groups is 1. The standard InChI is InChI=1S/C25H25ClN4O2/c1-2-32-25(31)22-14-21-17-29-30(24(21)27-16-22)28-13-12-18-8-6-7-11-20(18)15-23(26)19-9-4-3-5-10-19/h3-11,14,16-17,23,28H,2,12-13,15H2,1H3. The highest BCUT2D eigenvalue weighted by Crippen LogP contribution is 2.26. The molecule has 32 heavy (non-hydrogen) atoms. The smallest absolute Gasteiger partial charge is 0.339 e. The summed E-state index contributed by atoms with van der Waals surface area (Å²) in [5.74, 6) is -0.382. The van der Waals surface area contributed by atoms with Gasteiger partial charge in [-0.15, -0.1) is 11.6 Å². The van der Waals surface area contributed by atoms with Gasteiger partial charge < -0.3 is 10.2 Å². The molecule has 2 aromatic heterocycles. The number of rotatable bonds is 9. The van der Waals surface area contributed by atoms with Crippen molar-refractivity contribution in [2.45, 2.75) is 25.1 Å². The molecule has 1 unspecified atom stereocenters.